The third-order valence-electron chi connectivity index (χ3n) is 1.72. The molecule has 0 aliphatic carbocycles. The van der Waals surface area contributed by atoms with Crippen LogP contribution in [0.5, 0.6) is 5.75 Å². The van der Waals surface area contributed by atoms with Crippen LogP contribution in [0.25, 0.3) is 0 Å². The maximum atomic E-state index is 11.3. The van der Waals surface area contributed by atoms with Gasteiger partial charge in [-0.15, -0.1) is 0 Å². The minimum absolute atomic E-state index is 0.0434. The van der Waals surface area contributed by atoms with Gasteiger partial charge in [-0.05, 0) is 6.07 Å². The van der Waals surface area contributed by atoms with E-state index in [9.17, 15) is 4.79 Å². The lowest BCUT2D eigenvalue weighted by Crippen LogP contribution is -2.04. The molecule has 0 spiro atoms. The number of esters is 1. The second-order valence-corrected chi connectivity index (χ2v) is 3.75. The Morgan fingerprint density at radius 3 is 2.27 bits per heavy atom. The number of halogens is 3. The largest absolute Gasteiger partial charge is 0.494 e. The summed E-state index contributed by atoms with van der Waals surface area (Å²) in [6, 6.07) is 1.38. The van der Waals surface area contributed by atoms with Gasteiger partial charge in [-0.25, -0.2) is 4.79 Å². The molecule has 1 aromatic carbocycles. The van der Waals surface area contributed by atoms with E-state index in [1.807, 2.05) is 0 Å². The molecule has 0 atom stereocenters. The fraction of sp³-hybridized carbons (Fsp3) is 0.222. The summed E-state index contributed by atoms with van der Waals surface area (Å²) in [5.41, 5.74) is 0.0436. The highest BCUT2D eigenvalue weighted by molar-refractivity contribution is 6.43. The van der Waals surface area contributed by atoms with Gasteiger partial charge < -0.3 is 9.47 Å². The summed E-state index contributed by atoms with van der Waals surface area (Å²) in [5.74, 6) is -0.442. The molecule has 0 fully saturated rings. The van der Waals surface area contributed by atoms with Gasteiger partial charge in [0, 0.05) is 0 Å². The predicted molar refractivity (Wildman–Crippen MR) is 59.4 cm³/mol. The lowest BCUT2D eigenvalue weighted by atomic mass is 10.2. The molecule has 0 aliphatic heterocycles. The van der Waals surface area contributed by atoms with Crippen LogP contribution in [0.4, 0.5) is 0 Å². The van der Waals surface area contributed by atoms with Crippen LogP contribution in [0, 0.1) is 0 Å². The second kappa shape index (κ2) is 4.92. The molecule has 0 bridgehead atoms. The molecule has 6 heteroatoms. The Balaban J connectivity index is 3.45. The van der Waals surface area contributed by atoms with Gasteiger partial charge in [0.15, 0.2) is 5.75 Å². The molecule has 15 heavy (non-hydrogen) atoms. The van der Waals surface area contributed by atoms with E-state index in [4.69, 9.17) is 39.5 Å². The molecule has 1 rings (SSSR count). The molecule has 3 nitrogen and oxygen atoms in total. The molecular weight excluding hydrogens is 262 g/mol. The molecule has 0 amide bonds. The molecule has 0 N–H and O–H groups in total. The first-order valence-electron chi connectivity index (χ1n) is 3.82. The first-order chi connectivity index (χ1) is 7.02. The first kappa shape index (κ1) is 12.4. The summed E-state index contributed by atoms with van der Waals surface area (Å²) in [6.45, 7) is 0. The van der Waals surface area contributed by atoms with E-state index in [-0.39, 0.29) is 26.4 Å². The van der Waals surface area contributed by atoms with Crippen molar-refractivity contribution in [3.8, 4) is 5.75 Å². The minimum Gasteiger partial charge on any atom is -0.494 e. The zero-order valence-electron chi connectivity index (χ0n) is 7.94. The van der Waals surface area contributed by atoms with E-state index in [2.05, 4.69) is 4.74 Å². The van der Waals surface area contributed by atoms with Crippen molar-refractivity contribution in [2.24, 2.45) is 0 Å². The van der Waals surface area contributed by atoms with Gasteiger partial charge in [-0.1, -0.05) is 34.8 Å². The third kappa shape index (κ3) is 2.30. The fourth-order valence-electron chi connectivity index (χ4n) is 1.05. The summed E-state index contributed by atoms with van der Waals surface area (Å²) in [4.78, 5) is 11.3. The normalized spacial score (nSPS) is 9.93. The van der Waals surface area contributed by atoms with Crippen molar-refractivity contribution in [1.29, 1.82) is 0 Å². The van der Waals surface area contributed by atoms with E-state index in [1.54, 1.807) is 0 Å². The van der Waals surface area contributed by atoms with Crippen LogP contribution in [-0.2, 0) is 4.74 Å². The number of ether oxygens (including phenoxy) is 2. The summed E-state index contributed by atoms with van der Waals surface area (Å²) >= 11 is 17.5. The smallest absolute Gasteiger partial charge is 0.341 e. The SMILES string of the molecule is COC(=O)c1c(Cl)cc(Cl)c(OC)c1Cl. The van der Waals surface area contributed by atoms with E-state index < -0.39 is 5.97 Å². The van der Waals surface area contributed by atoms with Crippen LogP contribution in [0.15, 0.2) is 6.07 Å². The first-order valence-corrected chi connectivity index (χ1v) is 4.96. The molecule has 0 aromatic heterocycles. The molecule has 0 aliphatic rings. The summed E-state index contributed by atoms with van der Waals surface area (Å²) in [5, 5.41) is 0.402. The van der Waals surface area contributed by atoms with Gasteiger partial charge in [0.25, 0.3) is 0 Å². The Bertz CT molecular complexity index is 404. The maximum absolute atomic E-state index is 11.3. The molecule has 82 valence electrons. The third-order valence-corrected chi connectivity index (χ3v) is 2.66. The molecule has 0 heterocycles. The fourth-order valence-corrected chi connectivity index (χ4v) is 2.12. The van der Waals surface area contributed by atoms with Crippen molar-refractivity contribution >= 4 is 40.8 Å². The van der Waals surface area contributed by atoms with Crippen LogP contribution < -0.4 is 4.74 Å². The van der Waals surface area contributed by atoms with Crippen LogP contribution in [0.1, 0.15) is 10.4 Å². The van der Waals surface area contributed by atoms with Gasteiger partial charge in [-0.2, -0.15) is 0 Å². The highest BCUT2D eigenvalue weighted by atomic mass is 35.5. The van der Waals surface area contributed by atoms with Crippen molar-refractivity contribution in [2.45, 2.75) is 0 Å². The number of hydrogen-bond acceptors (Lipinski definition) is 3. The van der Waals surface area contributed by atoms with Gasteiger partial charge in [0.2, 0.25) is 0 Å². The van der Waals surface area contributed by atoms with Crippen LogP contribution in [-0.4, -0.2) is 20.2 Å². The average Bonchev–Trinajstić information content (AvgIpc) is 2.17. The van der Waals surface area contributed by atoms with Crippen molar-refractivity contribution in [2.75, 3.05) is 14.2 Å². The number of carbonyl (C=O) groups is 1. The highest BCUT2D eigenvalue weighted by Crippen LogP contribution is 2.39. The Kier molecular flexibility index (Phi) is 4.08. The molecular formula is C9H7Cl3O3. The Morgan fingerprint density at radius 1 is 1.20 bits per heavy atom. The van der Waals surface area contributed by atoms with E-state index >= 15 is 0 Å². The number of benzene rings is 1. The minimum atomic E-state index is -0.639. The van der Waals surface area contributed by atoms with Crippen molar-refractivity contribution in [3.05, 3.63) is 26.7 Å². The monoisotopic (exact) mass is 268 g/mol. The number of carbonyl (C=O) groups excluding carboxylic acids is 1. The molecule has 1 aromatic rings. The van der Waals surface area contributed by atoms with Crippen molar-refractivity contribution in [1.82, 2.24) is 0 Å². The topological polar surface area (TPSA) is 35.5 Å². The molecule has 0 radical (unpaired) electrons. The Morgan fingerprint density at radius 2 is 1.80 bits per heavy atom. The zero-order valence-corrected chi connectivity index (χ0v) is 10.2. The quantitative estimate of drug-likeness (QED) is 0.772. The summed E-state index contributed by atoms with van der Waals surface area (Å²) < 4.78 is 9.47. The summed E-state index contributed by atoms with van der Waals surface area (Å²) in [7, 11) is 2.62. The van der Waals surface area contributed by atoms with Gasteiger partial charge in [0.05, 0.1) is 24.3 Å². The van der Waals surface area contributed by atoms with Crippen molar-refractivity contribution < 1.29 is 14.3 Å². The van der Waals surface area contributed by atoms with Crippen LogP contribution in [0.2, 0.25) is 15.1 Å². The Hall–Kier alpha value is -0.640. The maximum Gasteiger partial charge on any atom is 0.341 e. The summed E-state index contributed by atoms with van der Waals surface area (Å²) in [6.07, 6.45) is 0. The van der Waals surface area contributed by atoms with E-state index in [1.165, 1.54) is 20.3 Å². The van der Waals surface area contributed by atoms with Crippen LogP contribution in [0.3, 0.4) is 0 Å². The van der Waals surface area contributed by atoms with E-state index in [0.717, 1.165) is 0 Å². The van der Waals surface area contributed by atoms with Crippen LogP contribution >= 0.6 is 34.8 Å². The number of methoxy groups -OCH3 is 2. The van der Waals surface area contributed by atoms with E-state index in [0.29, 0.717) is 0 Å². The highest BCUT2D eigenvalue weighted by Gasteiger charge is 2.21. The standard InChI is InChI=1S/C9H7Cl3O3/c1-14-8-5(11)3-4(10)6(7(8)12)9(13)15-2/h3H,1-2H3. The molecule has 0 saturated carbocycles. The predicted octanol–water partition coefficient (Wildman–Crippen LogP) is 3.44. The number of hydrogen-bond donors (Lipinski definition) is 0. The second-order valence-electron chi connectivity index (χ2n) is 2.55. The lowest BCUT2D eigenvalue weighted by Gasteiger charge is -2.10. The van der Waals surface area contributed by atoms with Gasteiger partial charge in [0.1, 0.15) is 10.6 Å². The average molecular weight is 270 g/mol. The molecule has 0 unspecified atom stereocenters. The zero-order chi connectivity index (χ0) is 11.6. The number of rotatable bonds is 2. The molecule has 0 saturated heterocycles. The van der Waals surface area contributed by atoms with Crippen molar-refractivity contribution in [3.63, 3.8) is 0 Å². The lowest BCUT2D eigenvalue weighted by molar-refractivity contribution is 0.0601. The van der Waals surface area contributed by atoms with Gasteiger partial charge in [-0.3, -0.25) is 0 Å². The van der Waals surface area contributed by atoms with Gasteiger partial charge >= 0.3 is 5.97 Å². The Labute approximate surface area is 102 Å².